The first kappa shape index (κ1) is 19.3. The van der Waals surface area contributed by atoms with Crippen molar-refractivity contribution in [2.24, 2.45) is 0 Å². The van der Waals surface area contributed by atoms with E-state index in [0.717, 1.165) is 42.3 Å². The molecular formula is C23H21FN6O. The Morgan fingerprint density at radius 3 is 2.71 bits per heavy atom. The minimum Gasteiger partial charge on any atom is -0.367 e. The SMILES string of the molecule is O=c1ccc(-c2cccnc2)nn1C1CCC(Nc2ncnc3cc(F)ccc23)CC1. The van der Waals surface area contributed by atoms with E-state index in [9.17, 15) is 9.18 Å². The summed E-state index contributed by atoms with van der Waals surface area (Å²) in [5.41, 5.74) is 2.12. The van der Waals surface area contributed by atoms with Crippen LogP contribution in [0.5, 0.6) is 0 Å². The number of pyridine rings is 1. The van der Waals surface area contributed by atoms with Crippen molar-refractivity contribution in [2.75, 3.05) is 5.32 Å². The van der Waals surface area contributed by atoms with Gasteiger partial charge in [0.2, 0.25) is 0 Å². The lowest BCUT2D eigenvalue weighted by molar-refractivity contribution is 0.304. The van der Waals surface area contributed by atoms with Gasteiger partial charge in [-0.1, -0.05) is 0 Å². The maximum atomic E-state index is 13.5. The zero-order valence-corrected chi connectivity index (χ0v) is 16.8. The fourth-order valence-corrected chi connectivity index (χ4v) is 4.16. The molecule has 5 rings (SSSR count). The van der Waals surface area contributed by atoms with Crippen molar-refractivity contribution in [3.8, 4) is 11.3 Å². The molecule has 3 heterocycles. The lowest BCUT2D eigenvalue weighted by Crippen LogP contribution is -2.33. The number of halogens is 1. The van der Waals surface area contributed by atoms with Crippen molar-refractivity contribution in [1.82, 2.24) is 24.7 Å². The second-order valence-corrected chi connectivity index (χ2v) is 7.78. The molecule has 156 valence electrons. The van der Waals surface area contributed by atoms with E-state index in [1.54, 1.807) is 35.3 Å². The summed E-state index contributed by atoms with van der Waals surface area (Å²) in [5, 5.41) is 8.89. The van der Waals surface area contributed by atoms with Crippen LogP contribution in [0.25, 0.3) is 22.2 Å². The molecule has 7 nitrogen and oxygen atoms in total. The molecule has 1 N–H and O–H groups in total. The molecule has 0 bridgehead atoms. The number of hydrogen-bond donors (Lipinski definition) is 1. The van der Waals surface area contributed by atoms with Gasteiger partial charge in [0.15, 0.2) is 0 Å². The third-order valence-corrected chi connectivity index (χ3v) is 5.76. The zero-order valence-electron chi connectivity index (χ0n) is 16.8. The fourth-order valence-electron chi connectivity index (χ4n) is 4.16. The molecule has 1 aromatic carbocycles. The molecule has 1 aliphatic carbocycles. The Kier molecular flexibility index (Phi) is 5.11. The lowest BCUT2D eigenvalue weighted by atomic mass is 9.91. The van der Waals surface area contributed by atoms with E-state index in [0.29, 0.717) is 11.3 Å². The number of aromatic nitrogens is 5. The molecule has 3 aromatic heterocycles. The maximum Gasteiger partial charge on any atom is 0.267 e. The van der Waals surface area contributed by atoms with Crippen LogP contribution in [0, 0.1) is 5.82 Å². The predicted molar refractivity (Wildman–Crippen MR) is 116 cm³/mol. The van der Waals surface area contributed by atoms with E-state index >= 15 is 0 Å². The topological polar surface area (TPSA) is 85.6 Å². The van der Waals surface area contributed by atoms with Crippen LogP contribution in [0.15, 0.2) is 66.0 Å². The molecule has 1 fully saturated rings. The Balaban J connectivity index is 1.31. The van der Waals surface area contributed by atoms with Crippen molar-refractivity contribution < 1.29 is 4.39 Å². The smallest absolute Gasteiger partial charge is 0.267 e. The minimum absolute atomic E-state index is 0.0541. The summed E-state index contributed by atoms with van der Waals surface area (Å²) in [7, 11) is 0. The summed E-state index contributed by atoms with van der Waals surface area (Å²) in [6, 6.07) is 11.9. The molecule has 0 aliphatic heterocycles. The Morgan fingerprint density at radius 1 is 1.03 bits per heavy atom. The van der Waals surface area contributed by atoms with E-state index in [1.165, 1.54) is 18.5 Å². The van der Waals surface area contributed by atoms with Gasteiger partial charge in [-0.3, -0.25) is 9.78 Å². The van der Waals surface area contributed by atoms with Crippen LogP contribution in [-0.2, 0) is 0 Å². The quantitative estimate of drug-likeness (QED) is 0.542. The maximum absolute atomic E-state index is 13.5. The highest BCUT2D eigenvalue weighted by Crippen LogP contribution is 2.30. The van der Waals surface area contributed by atoms with E-state index in [1.807, 2.05) is 12.1 Å². The molecule has 0 saturated heterocycles. The van der Waals surface area contributed by atoms with E-state index in [4.69, 9.17) is 0 Å². The summed E-state index contributed by atoms with van der Waals surface area (Å²) < 4.78 is 15.1. The van der Waals surface area contributed by atoms with Gasteiger partial charge in [0.1, 0.15) is 18.0 Å². The summed E-state index contributed by atoms with van der Waals surface area (Å²) in [6.45, 7) is 0. The Morgan fingerprint density at radius 2 is 1.90 bits per heavy atom. The molecule has 1 saturated carbocycles. The highest BCUT2D eigenvalue weighted by atomic mass is 19.1. The van der Waals surface area contributed by atoms with Crippen molar-refractivity contribution in [3.63, 3.8) is 0 Å². The number of nitrogens with one attached hydrogen (secondary N) is 1. The molecular weight excluding hydrogens is 395 g/mol. The van der Waals surface area contributed by atoms with Gasteiger partial charge in [0.05, 0.1) is 17.3 Å². The van der Waals surface area contributed by atoms with E-state index in [-0.39, 0.29) is 23.5 Å². The molecule has 0 radical (unpaired) electrons. The van der Waals surface area contributed by atoms with Crippen LogP contribution in [0.3, 0.4) is 0 Å². The van der Waals surface area contributed by atoms with Gasteiger partial charge in [-0.15, -0.1) is 0 Å². The lowest BCUT2D eigenvalue weighted by Gasteiger charge is -2.30. The number of anilines is 1. The van der Waals surface area contributed by atoms with Crippen LogP contribution in [0.2, 0.25) is 0 Å². The van der Waals surface area contributed by atoms with Gasteiger partial charge in [-0.2, -0.15) is 5.10 Å². The Bertz CT molecular complexity index is 1270. The normalized spacial score (nSPS) is 18.7. The van der Waals surface area contributed by atoms with E-state index in [2.05, 4.69) is 25.4 Å². The molecule has 0 spiro atoms. The number of rotatable bonds is 4. The predicted octanol–water partition coefficient (Wildman–Crippen LogP) is 3.98. The van der Waals surface area contributed by atoms with Crippen LogP contribution < -0.4 is 10.9 Å². The van der Waals surface area contributed by atoms with Gasteiger partial charge < -0.3 is 5.32 Å². The first-order chi connectivity index (χ1) is 15.2. The monoisotopic (exact) mass is 416 g/mol. The number of fused-ring (bicyclic) bond motifs is 1. The van der Waals surface area contributed by atoms with Crippen molar-refractivity contribution >= 4 is 16.7 Å². The molecule has 1 aliphatic rings. The Hall–Kier alpha value is -3.68. The van der Waals surface area contributed by atoms with Gasteiger partial charge in [0.25, 0.3) is 5.56 Å². The third kappa shape index (κ3) is 4.01. The summed E-state index contributed by atoms with van der Waals surface area (Å²) in [6.07, 6.45) is 8.33. The second kappa shape index (κ2) is 8.22. The highest BCUT2D eigenvalue weighted by Gasteiger charge is 2.24. The second-order valence-electron chi connectivity index (χ2n) is 7.78. The molecule has 0 atom stereocenters. The average Bonchev–Trinajstić information content (AvgIpc) is 2.80. The van der Waals surface area contributed by atoms with Crippen molar-refractivity contribution in [2.45, 2.75) is 37.8 Å². The highest BCUT2D eigenvalue weighted by molar-refractivity contribution is 5.88. The number of hydrogen-bond acceptors (Lipinski definition) is 6. The van der Waals surface area contributed by atoms with Crippen LogP contribution >= 0.6 is 0 Å². The zero-order chi connectivity index (χ0) is 21.2. The molecule has 31 heavy (non-hydrogen) atoms. The largest absolute Gasteiger partial charge is 0.367 e. The van der Waals surface area contributed by atoms with Crippen LogP contribution in [-0.4, -0.2) is 30.8 Å². The van der Waals surface area contributed by atoms with Crippen LogP contribution in [0.1, 0.15) is 31.7 Å². The van der Waals surface area contributed by atoms with Gasteiger partial charge in [-0.05, 0) is 56.0 Å². The summed E-state index contributed by atoms with van der Waals surface area (Å²) in [5.74, 6) is 0.395. The summed E-state index contributed by atoms with van der Waals surface area (Å²) >= 11 is 0. The van der Waals surface area contributed by atoms with Crippen molar-refractivity contribution in [3.05, 3.63) is 77.4 Å². The first-order valence-corrected chi connectivity index (χ1v) is 10.3. The molecule has 4 aromatic rings. The number of benzene rings is 1. The average molecular weight is 416 g/mol. The van der Waals surface area contributed by atoms with Gasteiger partial charge in [-0.25, -0.2) is 19.0 Å². The number of nitrogens with zero attached hydrogens (tertiary/aromatic N) is 5. The third-order valence-electron chi connectivity index (χ3n) is 5.76. The first-order valence-electron chi connectivity index (χ1n) is 10.3. The molecule has 8 heteroatoms. The van der Waals surface area contributed by atoms with Crippen LogP contribution in [0.4, 0.5) is 10.2 Å². The standard InChI is InChI=1S/C23H21FN6O/c24-16-3-8-19-21(12-16)26-14-27-23(19)28-17-4-6-18(7-5-17)30-22(31)10-9-20(29-30)15-2-1-11-25-13-15/h1-3,8-14,17-18H,4-7H2,(H,26,27,28). The minimum atomic E-state index is -0.316. The van der Waals surface area contributed by atoms with Gasteiger partial charge in [0, 0.05) is 41.5 Å². The molecule has 0 amide bonds. The van der Waals surface area contributed by atoms with Gasteiger partial charge >= 0.3 is 0 Å². The van der Waals surface area contributed by atoms with E-state index < -0.39 is 0 Å². The Labute approximate surface area is 178 Å². The van der Waals surface area contributed by atoms with Crippen molar-refractivity contribution in [1.29, 1.82) is 0 Å². The molecule has 0 unspecified atom stereocenters. The fraction of sp³-hybridized carbons (Fsp3) is 0.261. The summed E-state index contributed by atoms with van der Waals surface area (Å²) in [4.78, 5) is 25.1.